The van der Waals surface area contributed by atoms with E-state index in [1.807, 2.05) is 17.8 Å². The van der Waals surface area contributed by atoms with Crippen molar-refractivity contribution in [2.24, 2.45) is 5.92 Å². The Morgan fingerprint density at radius 3 is 2.91 bits per heavy atom. The van der Waals surface area contributed by atoms with E-state index in [4.69, 9.17) is 0 Å². The molecule has 0 spiro atoms. The predicted octanol–water partition coefficient (Wildman–Crippen LogP) is 3.27. The number of hydrogen-bond donors (Lipinski definition) is 2. The normalized spacial score (nSPS) is 23.6. The molecule has 0 aromatic heterocycles. The molecule has 3 nitrogen and oxygen atoms in total. The Morgan fingerprint density at radius 1 is 1.39 bits per heavy atom. The Kier molecular flexibility index (Phi) is 5.95. The average molecular weight is 336 g/mol. The van der Waals surface area contributed by atoms with Gasteiger partial charge in [-0.3, -0.25) is 4.79 Å². The maximum Gasteiger partial charge on any atom is 0.222 e. The van der Waals surface area contributed by atoms with Crippen molar-refractivity contribution in [1.82, 2.24) is 10.6 Å². The molecule has 2 fully saturated rings. The van der Waals surface area contributed by atoms with E-state index in [0.29, 0.717) is 12.3 Å². The van der Waals surface area contributed by atoms with Crippen molar-refractivity contribution in [3.8, 4) is 0 Å². The molecule has 1 aromatic rings. The van der Waals surface area contributed by atoms with Crippen molar-refractivity contribution in [3.63, 3.8) is 0 Å². The van der Waals surface area contributed by atoms with Crippen LogP contribution >= 0.6 is 11.8 Å². The van der Waals surface area contributed by atoms with Gasteiger partial charge in [0, 0.05) is 30.5 Å². The zero-order valence-electron chi connectivity index (χ0n) is 13.4. The fourth-order valence-corrected chi connectivity index (χ4v) is 4.62. The van der Waals surface area contributed by atoms with Gasteiger partial charge >= 0.3 is 0 Å². The van der Waals surface area contributed by atoms with Crippen molar-refractivity contribution in [2.45, 2.75) is 44.2 Å². The van der Waals surface area contributed by atoms with Gasteiger partial charge in [-0.2, -0.15) is 11.8 Å². The number of carbonyl (C=O) groups is 1. The van der Waals surface area contributed by atoms with Crippen LogP contribution in [0, 0.1) is 11.7 Å². The minimum Gasteiger partial charge on any atom is -0.349 e. The van der Waals surface area contributed by atoms with Crippen molar-refractivity contribution in [1.29, 1.82) is 0 Å². The molecule has 1 aromatic carbocycles. The number of nitrogens with one attached hydrogen (secondary N) is 2. The Hall–Kier alpha value is -1.07. The van der Waals surface area contributed by atoms with E-state index in [0.717, 1.165) is 36.5 Å². The fraction of sp³-hybridized carbons (Fsp3) is 0.611. The number of hydrogen-bond acceptors (Lipinski definition) is 3. The first kappa shape index (κ1) is 16.8. The van der Waals surface area contributed by atoms with Crippen LogP contribution in [0.15, 0.2) is 24.3 Å². The quantitative estimate of drug-likeness (QED) is 0.867. The molecule has 2 atom stereocenters. The second kappa shape index (κ2) is 8.15. The first-order valence-corrected chi connectivity index (χ1v) is 9.74. The van der Waals surface area contributed by atoms with Crippen LogP contribution in [0.2, 0.25) is 0 Å². The Balaban J connectivity index is 1.66. The zero-order chi connectivity index (χ0) is 16.1. The highest BCUT2D eigenvalue weighted by atomic mass is 32.2. The second-order valence-corrected chi connectivity index (χ2v) is 7.72. The summed E-state index contributed by atoms with van der Waals surface area (Å²) in [6, 6.07) is 6.89. The molecule has 5 heteroatoms. The summed E-state index contributed by atoms with van der Waals surface area (Å²) in [5.74, 6) is 2.37. The third-order valence-electron chi connectivity index (χ3n) is 4.83. The highest BCUT2D eigenvalue weighted by Gasteiger charge is 2.28. The second-order valence-electron chi connectivity index (χ2n) is 6.57. The highest BCUT2D eigenvalue weighted by Crippen LogP contribution is 2.36. The summed E-state index contributed by atoms with van der Waals surface area (Å²) in [5.41, 5.74) is 0.899. The number of halogens is 1. The summed E-state index contributed by atoms with van der Waals surface area (Å²) in [5, 5.41) is 6.59. The molecule has 2 unspecified atom stereocenters. The van der Waals surface area contributed by atoms with Crippen LogP contribution in [0.5, 0.6) is 0 Å². The van der Waals surface area contributed by atoms with E-state index in [-0.39, 0.29) is 23.8 Å². The average Bonchev–Trinajstić information content (AvgIpc) is 3.08. The first-order valence-electron chi connectivity index (χ1n) is 8.58. The molecule has 0 bridgehead atoms. The molecule has 2 N–H and O–H groups in total. The maximum atomic E-state index is 13.6. The van der Waals surface area contributed by atoms with Crippen molar-refractivity contribution < 1.29 is 9.18 Å². The maximum absolute atomic E-state index is 13.6. The largest absolute Gasteiger partial charge is 0.349 e. The van der Waals surface area contributed by atoms with Crippen LogP contribution < -0.4 is 10.6 Å². The lowest BCUT2D eigenvalue weighted by Crippen LogP contribution is -2.42. The minimum absolute atomic E-state index is 0.0584. The Bertz CT molecular complexity index is 528. The van der Waals surface area contributed by atoms with Crippen LogP contribution in [-0.4, -0.2) is 30.0 Å². The Morgan fingerprint density at radius 2 is 2.22 bits per heavy atom. The van der Waals surface area contributed by atoms with Gasteiger partial charge in [0.2, 0.25) is 5.91 Å². The summed E-state index contributed by atoms with van der Waals surface area (Å²) in [7, 11) is 0. The molecule has 23 heavy (non-hydrogen) atoms. The fourth-order valence-electron chi connectivity index (χ4n) is 3.67. The molecule has 1 heterocycles. The summed E-state index contributed by atoms with van der Waals surface area (Å²) in [6.45, 7) is 0.971. The van der Waals surface area contributed by atoms with Gasteiger partial charge in [-0.05, 0) is 36.5 Å². The number of thioether (sulfide) groups is 1. The van der Waals surface area contributed by atoms with Gasteiger partial charge in [0.25, 0.3) is 0 Å². The van der Waals surface area contributed by atoms with Crippen molar-refractivity contribution >= 4 is 17.7 Å². The zero-order valence-corrected chi connectivity index (χ0v) is 14.2. The van der Waals surface area contributed by atoms with Crippen LogP contribution in [-0.2, 0) is 4.79 Å². The SMILES string of the molecule is O=C(CC1CSCCN1)NC(c1cccc(F)c1)C1CCCC1. The predicted molar refractivity (Wildman–Crippen MR) is 93.0 cm³/mol. The van der Waals surface area contributed by atoms with Gasteiger partial charge in [0.05, 0.1) is 6.04 Å². The molecule has 3 rings (SSSR count). The number of rotatable bonds is 5. The van der Waals surface area contributed by atoms with Gasteiger partial charge < -0.3 is 10.6 Å². The number of carbonyl (C=O) groups excluding carboxylic acids is 1. The van der Waals surface area contributed by atoms with E-state index in [2.05, 4.69) is 10.6 Å². The van der Waals surface area contributed by atoms with Crippen LogP contribution in [0.3, 0.4) is 0 Å². The standard InChI is InChI=1S/C18H25FN2OS/c19-15-7-3-6-14(10-15)18(13-4-1-2-5-13)21-17(22)11-16-12-23-9-8-20-16/h3,6-7,10,13,16,18,20H,1-2,4-5,8-9,11-12H2,(H,21,22). The molecule has 0 radical (unpaired) electrons. The molecule has 1 aliphatic carbocycles. The molecule has 1 saturated carbocycles. The van der Waals surface area contributed by atoms with E-state index in [9.17, 15) is 9.18 Å². The smallest absolute Gasteiger partial charge is 0.222 e. The summed E-state index contributed by atoms with van der Waals surface area (Å²) in [4.78, 5) is 12.5. The molecule has 2 aliphatic rings. The number of benzene rings is 1. The first-order chi connectivity index (χ1) is 11.2. The van der Waals surface area contributed by atoms with Gasteiger partial charge in [-0.25, -0.2) is 4.39 Å². The van der Waals surface area contributed by atoms with E-state index in [1.165, 1.54) is 18.9 Å². The van der Waals surface area contributed by atoms with Gasteiger partial charge in [-0.1, -0.05) is 25.0 Å². The van der Waals surface area contributed by atoms with Crippen LogP contribution in [0.25, 0.3) is 0 Å². The van der Waals surface area contributed by atoms with Crippen molar-refractivity contribution in [2.75, 3.05) is 18.1 Å². The Labute approximate surface area is 141 Å². The lowest BCUT2D eigenvalue weighted by Gasteiger charge is -2.27. The molecule has 126 valence electrons. The van der Waals surface area contributed by atoms with Gasteiger partial charge in [-0.15, -0.1) is 0 Å². The lowest BCUT2D eigenvalue weighted by atomic mass is 9.91. The highest BCUT2D eigenvalue weighted by molar-refractivity contribution is 7.99. The lowest BCUT2D eigenvalue weighted by molar-refractivity contribution is -0.122. The van der Waals surface area contributed by atoms with Gasteiger partial charge in [0.1, 0.15) is 5.82 Å². The van der Waals surface area contributed by atoms with E-state index >= 15 is 0 Å². The topological polar surface area (TPSA) is 41.1 Å². The minimum atomic E-state index is -0.231. The van der Waals surface area contributed by atoms with E-state index in [1.54, 1.807) is 12.1 Å². The third-order valence-corrected chi connectivity index (χ3v) is 5.96. The molecule has 1 aliphatic heterocycles. The van der Waals surface area contributed by atoms with Crippen LogP contribution in [0.4, 0.5) is 4.39 Å². The molecular formula is C18H25FN2OS. The van der Waals surface area contributed by atoms with Crippen molar-refractivity contribution in [3.05, 3.63) is 35.6 Å². The molecule has 1 saturated heterocycles. The summed E-state index contributed by atoms with van der Waals surface area (Å²) in [6.07, 6.45) is 5.13. The number of amides is 1. The molecule has 1 amide bonds. The monoisotopic (exact) mass is 336 g/mol. The van der Waals surface area contributed by atoms with E-state index < -0.39 is 0 Å². The molecular weight excluding hydrogens is 311 g/mol. The summed E-state index contributed by atoms with van der Waals surface area (Å²) >= 11 is 1.90. The van der Waals surface area contributed by atoms with Crippen LogP contribution in [0.1, 0.15) is 43.7 Å². The van der Waals surface area contributed by atoms with Gasteiger partial charge in [0.15, 0.2) is 0 Å². The summed E-state index contributed by atoms with van der Waals surface area (Å²) < 4.78 is 13.6. The third kappa shape index (κ3) is 4.70.